The fourth-order valence-electron chi connectivity index (χ4n) is 3.98. The molecule has 2 N–H and O–H groups in total. The van der Waals surface area contributed by atoms with Gasteiger partial charge in [0.2, 0.25) is 0 Å². The first kappa shape index (κ1) is 26.7. The fourth-order valence-corrected chi connectivity index (χ4v) is 5.02. The molecule has 0 unspecified atom stereocenters. The van der Waals surface area contributed by atoms with Crippen LogP contribution in [0.5, 0.6) is 5.75 Å². The van der Waals surface area contributed by atoms with E-state index in [9.17, 15) is 4.79 Å². The Balaban J connectivity index is 1.50. The molecule has 37 heavy (non-hydrogen) atoms. The van der Waals surface area contributed by atoms with Crippen molar-refractivity contribution in [2.75, 3.05) is 6.61 Å². The molecule has 0 radical (unpaired) electrons. The summed E-state index contributed by atoms with van der Waals surface area (Å²) < 4.78 is 16.9. The van der Waals surface area contributed by atoms with Crippen LogP contribution < -0.4 is 10.5 Å². The molecule has 7 nitrogen and oxygen atoms in total. The van der Waals surface area contributed by atoms with Crippen LogP contribution >= 0.6 is 0 Å². The zero-order chi connectivity index (χ0) is 26.6. The number of nitrogens with zero attached hydrogens (tertiary/aromatic N) is 3. The summed E-state index contributed by atoms with van der Waals surface area (Å²) in [5.41, 5.74) is 7.99. The van der Waals surface area contributed by atoms with Gasteiger partial charge in [0.25, 0.3) is 5.91 Å². The molecule has 0 spiro atoms. The van der Waals surface area contributed by atoms with Crippen LogP contribution in [0.15, 0.2) is 73.3 Å². The van der Waals surface area contributed by atoms with Crippen molar-refractivity contribution in [1.29, 1.82) is 0 Å². The van der Waals surface area contributed by atoms with Gasteiger partial charge in [-0.3, -0.25) is 4.79 Å². The lowest BCUT2D eigenvalue weighted by Crippen LogP contribution is -2.42. The number of primary amides is 1. The van der Waals surface area contributed by atoms with Crippen molar-refractivity contribution in [2.24, 2.45) is 5.73 Å². The lowest BCUT2D eigenvalue weighted by Gasteiger charge is -2.37. The molecule has 2 aromatic heterocycles. The summed E-state index contributed by atoms with van der Waals surface area (Å²) in [6.45, 7) is 13.1. The molecule has 4 aromatic rings. The number of amides is 1. The van der Waals surface area contributed by atoms with Gasteiger partial charge in [0.05, 0.1) is 24.5 Å². The van der Waals surface area contributed by atoms with E-state index in [2.05, 4.69) is 79.9 Å². The number of aryl methyl sites for hydroxylation is 1. The molecule has 0 bridgehead atoms. The van der Waals surface area contributed by atoms with Gasteiger partial charge in [-0.15, -0.1) is 0 Å². The molecule has 8 heteroatoms. The first-order valence-electron chi connectivity index (χ1n) is 12.8. The Kier molecular flexibility index (Phi) is 7.89. The van der Waals surface area contributed by atoms with Gasteiger partial charge in [0, 0.05) is 25.0 Å². The number of rotatable bonds is 11. The van der Waals surface area contributed by atoms with Gasteiger partial charge in [-0.05, 0) is 53.7 Å². The van der Waals surface area contributed by atoms with E-state index in [4.69, 9.17) is 14.9 Å². The Morgan fingerprint density at radius 3 is 2.54 bits per heavy atom. The van der Waals surface area contributed by atoms with Crippen LogP contribution in [0.25, 0.3) is 10.9 Å². The molecule has 0 fully saturated rings. The van der Waals surface area contributed by atoms with Crippen molar-refractivity contribution >= 4 is 25.1 Å². The normalized spacial score (nSPS) is 13.1. The third kappa shape index (κ3) is 6.50. The van der Waals surface area contributed by atoms with Gasteiger partial charge in [0.1, 0.15) is 18.1 Å². The summed E-state index contributed by atoms with van der Waals surface area (Å²) in [5.74, 6) is 0.317. The third-order valence-corrected chi connectivity index (χ3v) is 11.9. The van der Waals surface area contributed by atoms with Crippen molar-refractivity contribution in [3.05, 3.63) is 84.6 Å². The average molecular weight is 519 g/mol. The number of nitrogens with two attached hydrogens (primary N) is 1. The van der Waals surface area contributed by atoms with E-state index in [1.807, 2.05) is 28.8 Å². The Bertz CT molecular complexity index is 1340. The summed E-state index contributed by atoms with van der Waals surface area (Å²) in [6, 6.07) is 18.5. The lowest BCUT2D eigenvalue weighted by molar-refractivity contribution is 0.0995. The average Bonchev–Trinajstić information content (AvgIpc) is 3.50. The second kappa shape index (κ2) is 10.9. The Labute approximate surface area is 220 Å². The molecule has 1 amide bonds. The first-order valence-corrected chi connectivity index (χ1v) is 15.7. The highest BCUT2D eigenvalue weighted by Crippen LogP contribution is 2.37. The number of hydrogen-bond donors (Lipinski definition) is 1. The van der Waals surface area contributed by atoms with Crippen molar-refractivity contribution < 1.29 is 14.0 Å². The predicted molar refractivity (Wildman–Crippen MR) is 150 cm³/mol. The van der Waals surface area contributed by atoms with E-state index < -0.39 is 14.2 Å². The zero-order valence-corrected chi connectivity index (χ0v) is 23.5. The highest BCUT2D eigenvalue weighted by molar-refractivity contribution is 6.74. The Hall–Kier alpha value is -3.36. The number of imidazole rings is 1. The van der Waals surface area contributed by atoms with E-state index in [1.54, 1.807) is 12.5 Å². The highest BCUT2D eigenvalue weighted by atomic mass is 28.4. The summed E-state index contributed by atoms with van der Waals surface area (Å²) in [4.78, 5) is 15.9. The summed E-state index contributed by atoms with van der Waals surface area (Å²) in [7, 11) is -1.95. The monoisotopic (exact) mass is 518 g/mol. The Morgan fingerprint density at radius 2 is 1.86 bits per heavy atom. The number of fused-ring (bicyclic) bond motifs is 1. The lowest BCUT2D eigenvalue weighted by atomic mass is 10.2. The molecular weight excluding hydrogens is 480 g/mol. The molecule has 1 atom stereocenters. The first-order chi connectivity index (χ1) is 17.5. The van der Waals surface area contributed by atoms with E-state index in [-0.39, 0.29) is 16.8 Å². The van der Waals surface area contributed by atoms with Crippen molar-refractivity contribution in [3.8, 4) is 5.75 Å². The maximum atomic E-state index is 11.7. The van der Waals surface area contributed by atoms with Gasteiger partial charge in [0.15, 0.2) is 8.32 Å². The van der Waals surface area contributed by atoms with Crippen LogP contribution in [0.4, 0.5) is 0 Å². The van der Waals surface area contributed by atoms with E-state index in [0.717, 1.165) is 29.8 Å². The topological polar surface area (TPSA) is 84.3 Å². The number of carbonyl (C=O) groups excluding carboxylic acids is 1. The molecule has 2 heterocycles. The molecular formula is C29H38N4O3Si. The van der Waals surface area contributed by atoms with Crippen molar-refractivity contribution in [2.45, 2.75) is 64.5 Å². The van der Waals surface area contributed by atoms with E-state index in [1.165, 1.54) is 5.39 Å². The molecule has 0 saturated heterocycles. The summed E-state index contributed by atoms with van der Waals surface area (Å²) in [6.07, 6.45) is 6.33. The molecule has 196 valence electrons. The minimum atomic E-state index is -1.95. The summed E-state index contributed by atoms with van der Waals surface area (Å²) in [5, 5.41) is 1.28. The number of carbonyl (C=O) groups is 1. The molecule has 0 aliphatic rings. The second-order valence-corrected chi connectivity index (χ2v) is 15.9. The van der Waals surface area contributed by atoms with Crippen LogP contribution in [0.3, 0.4) is 0 Å². The van der Waals surface area contributed by atoms with Crippen LogP contribution in [-0.4, -0.2) is 34.9 Å². The quantitative estimate of drug-likeness (QED) is 0.241. The maximum Gasteiger partial charge on any atom is 0.268 e. The van der Waals surface area contributed by atoms with Gasteiger partial charge in [-0.2, -0.15) is 0 Å². The van der Waals surface area contributed by atoms with Gasteiger partial charge >= 0.3 is 0 Å². The molecule has 4 rings (SSSR count). The number of ether oxygens (including phenoxy) is 1. The van der Waals surface area contributed by atoms with Crippen molar-refractivity contribution in [3.63, 3.8) is 0 Å². The smallest absolute Gasteiger partial charge is 0.268 e. The second-order valence-electron chi connectivity index (χ2n) is 11.1. The van der Waals surface area contributed by atoms with Gasteiger partial charge in [-0.1, -0.05) is 51.1 Å². The third-order valence-electron chi connectivity index (χ3n) is 7.42. The van der Waals surface area contributed by atoms with Crippen LogP contribution in [0, 0.1) is 0 Å². The van der Waals surface area contributed by atoms with Crippen LogP contribution in [0.2, 0.25) is 18.1 Å². The fraction of sp³-hybridized carbons (Fsp3) is 0.379. The standard InChI is InChI=1S/C29H38N4O3Si/c1-29(2,3)37(4,5)36-20-24(33-18-26(28(30)34)31-21-33)14-16-32-15-13-23-11-12-25(17-27(23)32)35-19-22-9-7-6-8-10-22/h6-13,15,17-18,21,24H,14,16,19-20H2,1-5H3,(H2,30,34)/t24-/m1/s1. The van der Waals surface area contributed by atoms with Crippen LogP contribution in [0.1, 0.15) is 49.3 Å². The SMILES string of the molecule is CC(C)(C)[Si](C)(C)OC[C@@H](CCn1ccc2ccc(OCc3ccccc3)cc21)n1cnc(C(N)=O)c1. The highest BCUT2D eigenvalue weighted by Gasteiger charge is 2.37. The molecule has 0 aliphatic heterocycles. The largest absolute Gasteiger partial charge is 0.489 e. The number of benzene rings is 2. The zero-order valence-electron chi connectivity index (χ0n) is 22.5. The van der Waals surface area contributed by atoms with E-state index >= 15 is 0 Å². The van der Waals surface area contributed by atoms with Gasteiger partial charge < -0.3 is 24.0 Å². The van der Waals surface area contributed by atoms with Crippen molar-refractivity contribution in [1.82, 2.24) is 14.1 Å². The number of aromatic nitrogens is 3. The number of hydrogen-bond acceptors (Lipinski definition) is 4. The summed E-state index contributed by atoms with van der Waals surface area (Å²) >= 11 is 0. The minimum Gasteiger partial charge on any atom is -0.489 e. The van der Waals surface area contributed by atoms with E-state index in [0.29, 0.717) is 13.2 Å². The molecule has 2 aromatic carbocycles. The molecule has 0 aliphatic carbocycles. The van der Waals surface area contributed by atoms with Gasteiger partial charge in [-0.25, -0.2) is 4.98 Å². The predicted octanol–water partition coefficient (Wildman–Crippen LogP) is 6.17. The van der Waals surface area contributed by atoms with Crippen LogP contribution in [-0.2, 0) is 17.6 Å². The minimum absolute atomic E-state index is 0.0182. The maximum absolute atomic E-state index is 11.7. The molecule has 0 saturated carbocycles. The Morgan fingerprint density at radius 1 is 1.11 bits per heavy atom.